The van der Waals surface area contributed by atoms with E-state index in [1.165, 1.54) is 0 Å². The van der Waals surface area contributed by atoms with Crippen molar-refractivity contribution in [3.63, 3.8) is 0 Å². The lowest BCUT2D eigenvalue weighted by atomic mass is 9.98. The quantitative estimate of drug-likeness (QED) is 0.255. The maximum atomic E-state index is 13.3. The molecule has 0 unspecified atom stereocenters. The lowest BCUT2D eigenvalue weighted by Gasteiger charge is -2.29. The Labute approximate surface area is 286 Å². The highest BCUT2D eigenvalue weighted by molar-refractivity contribution is 5.90. The van der Waals surface area contributed by atoms with E-state index < -0.39 is 0 Å². The van der Waals surface area contributed by atoms with Crippen molar-refractivity contribution in [2.24, 2.45) is 17.8 Å². The van der Waals surface area contributed by atoms with Crippen LogP contribution in [0, 0.1) is 17.8 Å². The maximum Gasteiger partial charge on any atom is 0.226 e. The number of fused-ring (bicyclic) bond motifs is 1. The van der Waals surface area contributed by atoms with Crippen LogP contribution in [0.3, 0.4) is 0 Å². The van der Waals surface area contributed by atoms with Crippen LogP contribution in [0.25, 0.3) is 33.2 Å². The lowest BCUT2D eigenvalue weighted by Crippen LogP contribution is -2.38. The van der Waals surface area contributed by atoms with Gasteiger partial charge in [0.05, 0.1) is 17.9 Å². The van der Waals surface area contributed by atoms with E-state index in [0.29, 0.717) is 44.2 Å². The van der Waals surface area contributed by atoms with Crippen LogP contribution in [0.15, 0.2) is 55.0 Å². The van der Waals surface area contributed by atoms with Gasteiger partial charge in [0.2, 0.25) is 17.8 Å². The Morgan fingerprint density at radius 2 is 1.43 bits per heavy atom. The predicted octanol–water partition coefficient (Wildman–Crippen LogP) is 5.46. The number of aromatic nitrogens is 4. The predicted molar refractivity (Wildman–Crippen MR) is 187 cm³/mol. The van der Waals surface area contributed by atoms with Gasteiger partial charge >= 0.3 is 0 Å². The molecule has 0 saturated carbocycles. The summed E-state index contributed by atoms with van der Waals surface area (Å²) in [5.41, 5.74) is 4.04. The first kappa shape index (κ1) is 31.9. The number of likely N-dealkylation sites (tertiary alicyclic amines) is 2. The first-order valence-electron chi connectivity index (χ1n) is 18.0. The number of amides is 2. The molecule has 0 radical (unpaired) electrons. The fourth-order valence-electron chi connectivity index (χ4n) is 7.95. The molecular weight excluding hydrogens is 618 g/mol. The number of nitrogens with zero attached hydrogens (tertiary/aromatic N) is 5. The molecule has 11 nitrogen and oxygen atoms in total. The van der Waals surface area contributed by atoms with Crippen LogP contribution in [0.2, 0.25) is 0 Å². The van der Waals surface area contributed by atoms with E-state index in [1.54, 1.807) is 0 Å². The highest BCUT2D eigenvalue weighted by Crippen LogP contribution is 2.35. The van der Waals surface area contributed by atoms with Gasteiger partial charge in [-0.2, -0.15) is 0 Å². The molecule has 2 N–H and O–H groups in total. The van der Waals surface area contributed by atoms with E-state index in [2.05, 4.69) is 56.7 Å². The van der Waals surface area contributed by atoms with Crippen LogP contribution in [0.4, 0.5) is 5.95 Å². The molecule has 4 fully saturated rings. The average Bonchev–Trinajstić information content (AvgIpc) is 3.96. The average molecular weight is 664 g/mol. The number of rotatable bonds is 8. The van der Waals surface area contributed by atoms with Crippen molar-refractivity contribution in [1.29, 1.82) is 0 Å². The van der Waals surface area contributed by atoms with Crippen LogP contribution in [0.1, 0.15) is 56.8 Å². The Bertz CT molecular complexity index is 1780. The fraction of sp³-hybridized carbons (Fsp3) is 0.500. The van der Waals surface area contributed by atoms with Crippen LogP contribution >= 0.6 is 0 Å². The molecule has 11 heteroatoms. The van der Waals surface area contributed by atoms with Gasteiger partial charge in [-0.15, -0.1) is 0 Å². The van der Waals surface area contributed by atoms with E-state index in [9.17, 15) is 9.59 Å². The van der Waals surface area contributed by atoms with E-state index in [4.69, 9.17) is 14.5 Å². The summed E-state index contributed by atoms with van der Waals surface area (Å²) < 4.78 is 10.9. The largest absolute Gasteiger partial charge is 0.381 e. The summed E-state index contributed by atoms with van der Waals surface area (Å²) in [4.78, 5) is 47.7. The highest BCUT2D eigenvalue weighted by atomic mass is 16.5. The number of carbonyl (C=O) groups is 2. The minimum absolute atomic E-state index is 0.00173. The first-order chi connectivity index (χ1) is 24.1. The molecule has 49 heavy (non-hydrogen) atoms. The smallest absolute Gasteiger partial charge is 0.226 e. The van der Waals surface area contributed by atoms with E-state index in [0.717, 1.165) is 110 Å². The molecule has 8 rings (SSSR count). The van der Waals surface area contributed by atoms with Gasteiger partial charge in [-0.1, -0.05) is 24.3 Å². The summed E-state index contributed by atoms with van der Waals surface area (Å²) >= 11 is 0. The van der Waals surface area contributed by atoms with Gasteiger partial charge in [-0.25, -0.2) is 15.0 Å². The van der Waals surface area contributed by atoms with E-state index in [1.807, 2.05) is 28.4 Å². The summed E-state index contributed by atoms with van der Waals surface area (Å²) in [6.45, 7) is 5.88. The van der Waals surface area contributed by atoms with Crippen molar-refractivity contribution in [2.75, 3.05) is 57.9 Å². The second-order valence-corrected chi connectivity index (χ2v) is 14.0. The fourth-order valence-corrected chi connectivity index (χ4v) is 7.95. The zero-order valence-corrected chi connectivity index (χ0v) is 28.0. The van der Waals surface area contributed by atoms with Crippen molar-refractivity contribution in [2.45, 2.75) is 51.0 Å². The maximum absolute atomic E-state index is 13.3. The number of hydrogen-bond acceptors (Lipinski definition) is 8. The van der Waals surface area contributed by atoms with Crippen LogP contribution < -0.4 is 5.32 Å². The van der Waals surface area contributed by atoms with Crippen LogP contribution in [-0.2, 0) is 19.1 Å². The van der Waals surface area contributed by atoms with E-state index >= 15 is 0 Å². The SMILES string of the molecule is O=C(C1CCOCC1)N1CC[C@H](CNc2ncc(-c3ccc4cc(-c5cnc([C@@H]6CCCN6C(=O)C6CCOCC6)[nH]5)ccc4c3)cn2)C1. The van der Waals surface area contributed by atoms with Gasteiger partial charge in [-0.3, -0.25) is 9.59 Å². The van der Waals surface area contributed by atoms with Gasteiger partial charge in [0.25, 0.3) is 0 Å². The normalized spacial score (nSPS) is 22.2. The van der Waals surface area contributed by atoms with Crippen molar-refractivity contribution < 1.29 is 19.1 Å². The van der Waals surface area contributed by atoms with Crippen LogP contribution in [-0.4, -0.2) is 94.2 Å². The molecule has 4 saturated heterocycles. The van der Waals surface area contributed by atoms with E-state index in [-0.39, 0.29) is 23.8 Å². The number of nitrogens with one attached hydrogen (secondary N) is 2. The summed E-state index contributed by atoms with van der Waals surface area (Å²) in [6, 6.07) is 12.9. The standard InChI is InChI=1S/C38H45N7O4/c46-36(26-8-14-48-15-9-26)44-13-7-25(24-44)20-40-38-41-21-32(22-42-38)30-4-3-29-19-31(6-5-28(29)18-30)33-23-39-35(43-33)34-2-1-12-45(34)37(47)27-10-16-49-17-11-27/h3-6,18-19,21-23,25-27,34H,1-2,7-17,20,24H2,(H,39,43)(H,40,41,42)/t25-,34+/m1/s1. The van der Waals surface area contributed by atoms with Crippen molar-refractivity contribution in [1.82, 2.24) is 29.7 Å². The summed E-state index contributed by atoms with van der Waals surface area (Å²) in [5, 5.41) is 5.65. The monoisotopic (exact) mass is 663 g/mol. The number of carbonyl (C=O) groups excluding carboxylic acids is 2. The lowest BCUT2D eigenvalue weighted by molar-refractivity contribution is -0.139. The third-order valence-electron chi connectivity index (χ3n) is 10.9. The zero-order valence-electron chi connectivity index (χ0n) is 28.0. The molecule has 4 aliphatic rings. The molecule has 2 aromatic carbocycles. The molecule has 2 amide bonds. The Balaban J connectivity index is 0.880. The number of hydrogen-bond donors (Lipinski definition) is 2. The summed E-state index contributed by atoms with van der Waals surface area (Å²) in [7, 11) is 0. The first-order valence-corrected chi connectivity index (χ1v) is 18.0. The Morgan fingerprint density at radius 1 is 0.755 bits per heavy atom. The van der Waals surface area contributed by atoms with Gasteiger partial charge in [-0.05, 0) is 79.3 Å². The number of ether oxygens (including phenoxy) is 2. The third-order valence-corrected chi connectivity index (χ3v) is 10.9. The van der Waals surface area contributed by atoms with Crippen molar-refractivity contribution in [3.8, 4) is 22.4 Å². The number of H-pyrrole nitrogens is 1. The van der Waals surface area contributed by atoms with Crippen molar-refractivity contribution in [3.05, 3.63) is 60.8 Å². The summed E-state index contributed by atoms with van der Waals surface area (Å²) in [6.07, 6.45) is 11.8. The minimum Gasteiger partial charge on any atom is -0.381 e. The Morgan fingerprint density at radius 3 is 2.16 bits per heavy atom. The van der Waals surface area contributed by atoms with Gasteiger partial charge in [0.15, 0.2) is 0 Å². The second-order valence-electron chi connectivity index (χ2n) is 14.0. The zero-order chi connectivity index (χ0) is 33.2. The molecule has 2 atom stereocenters. The highest BCUT2D eigenvalue weighted by Gasteiger charge is 2.36. The topological polar surface area (TPSA) is 126 Å². The number of imidazole rings is 1. The number of benzene rings is 2. The second kappa shape index (κ2) is 14.2. The molecule has 0 aliphatic carbocycles. The third kappa shape index (κ3) is 6.91. The minimum atomic E-state index is 0.00173. The molecular formula is C38H45N7O4. The molecule has 4 aromatic rings. The van der Waals surface area contributed by atoms with Gasteiger partial charge in [0, 0.05) is 88.0 Å². The van der Waals surface area contributed by atoms with Crippen LogP contribution in [0.5, 0.6) is 0 Å². The van der Waals surface area contributed by atoms with Crippen molar-refractivity contribution >= 4 is 28.5 Å². The Hall–Kier alpha value is -4.35. The molecule has 0 bridgehead atoms. The molecule has 6 heterocycles. The Kier molecular flexibility index (Phi) is 9.27. The molecule has 0 spiro atoms. The molecule has 2 aromatic heterocycles. The van der Waals surface area contributed by atoms with Gasteiger partial charge < -0.3 is 29.6 Å². The molecule has 4 aliphatic heterocycles. The summed E-state index contributed by atoms with van der Waals surface area (Å²) in [5.74, 6) is 2.59. The number of aromatic amines is 1. The van der Waals surface area contributed by atoms with Gasteiger partial charge in [0.1, 0.15) is 5.82 Å². The molecule has 256 valence electrons. The number of anilines is 1.